The predicted molar refractivity (Wildman–Crippen MR) is 54.5 cm³/mol. The molecule has 0 aliphatic rings. The second kappa shape index (κ2) is 6.07. The second-order valence-electron chi connectivity index (χ2n) is 3.08. The molecule has 1 aromatic rings. The third-order valence-corrected chi connectivity index (χ3v) is 1.96. The molecule has 4 nitrogen and oxygen atoms in total. The summed E-state index contributed by atoms with van der Waals surface area (Å²) < 4.78 is 0. The molecular formula is C10H15N3O. The normalized spacial score (nSPS) is 11.6. The lowest BCUT2D eigenvalue weighted by Gasteiger charge is -2.01. The van der Waals surface area contributed by atoms with Gasteiger partial charge in [0.05, 0.1) is 0 Å². The third-order valence-electron chi connectivity index (χ3n) is 1.96. The van der Waals surface area contributed by atoms with Crippen LogP contribution in [-0.2, 0) is 0 Å². The van der Waals surface area contributed by atoms with E-state index in [-0.39, 0.29) is 0 Å². The third kappa shape index (κ3) is 3.12. The van der Waals surface area contributed by atoms with E-state index in [1.807, 2.05) is 0 Å². The standard InChI is InChI=1S/C10H15N3O/c1-2-3-4-6-9(13-14)10-11-7-5-8-12-10/h5,7-8,14H,2-4,6H2,1H3. The molecule has 0 aliphatic carbocycles. The van der Waals surface area contributed by atoms with Gasteiger partial charge in [0.2, 0.25) is 0 Å². The van der Waals surface area contributed by atoms with Gasteiger partial charge in [-0.1, -0.05) is 24.9 Å². The highest BCUT2D eigenvalue weighted by molar-refractivity contribution is 5.96. The lowest BCUT2D eigenvalue weighted by molar-refractivity contribution is 0.317. The number of hydrogen-bond acceptors (Lipinski definition) is 4. The maximum absolute atomic E-state index is 8.79. The van der Waals surface area contributed by atoms with Crippen molar-refractivity contribution in [3.63, 3.8) is 0 Å². The maximum Gasteiger partial charge on any atom is 0.177 e. The maximum atomic E-state index is 8.79. The zero-order valence-electron chi connectivity index (χ0n) is 8.35. The van der Waals surface area contributed by atoms with Crippen molar-refractivity contribution in [3.8, 4) is 0 Å². The minimum absolute atomic E-state index is 0.520. The van der Waals surface area contributed by atoms with Gasteiger partial charge in [0, 0.05) is 12.4 Å². The first kappa shape index (κ1) is 10.6. The molecule has 4 heteroatoms. The predicted octanol–water partition coefficient (Wildman–Crippen LogP) is 2.24. The van der Waals surface area contributed by atoms with Crippen LogP contribution in [-0.4, -0.2) is 20.9 Å². The first-order chi connectivity index (χ1) is 6.88. The van der Waals surface area contributed by atoms with Crippen LogP contribution in [0, 0.1) is 0 Å². The number of nitrogens with zero attached hydrogens (tertiary/aromatic N) is 3. The van der Waals surface area contributed by atoms with Gasteiger partial charge in [-0.05, 0) is 18.9 Å². The van der Waals surface area contributed by atoms with Crippen molar-refractivity contribution in [2.24, 2.45) is 5.16 Å². The number of rotatable bonds is 5. The van der Waals surface area contributed by atoms with Crippen molar-refractivity contribution >= 4 is 5.71 Å². The molecule has 0 spiro atoms. The summed E-state index contributed by atoms with van der Waals surface area (Å²) in [6.07, 6.45) is 7.31. The molecule has 0 fully saturated rings. The summed E-state index contributed by atoms with van der Waals surface area (Å²) in [6, 6.07) is 1.74. The largest absolute Gasteiger partial charge is 0.411 e. The van der Waals surface area contributed by atoms with Gasteiger partial charge in [-0.25, -0.2) is 9.97 Å². The van der Waals surface area contributed by atoms with E-state index in [9.17, 15) is 0 Å². The van der Waals surface area contributed by atoms with E-state index in [2.05, 4.69) is 22.0 Å². The molecule has 14 heavy (non-hydrogen) atoms. The molecule has 0 atom stereocenters. The van der Waals surface area contributed by atoms with Crippen LogP contribution in [0.5, 0.6) is 0 Å². The lowest BCUT2D eigenvalue weighted by Crippen LogP contribution is -2.06. The molecule has 0 aliphatic heterocycles. The molecule has 0 unspecified atom stereocenters. The van der Waals surface area contributed by atoms with Gasteiger partial charge in [-0.15, -0.1) is 0 Å². The second-order valence-corrected chi connectivity index (χ2v) is 3.08. The van der Waals surface area contributed by atoms with Gasteiger partial charge in [0.15, 0.2) is 5.82 Å². The van der Waals surface area contributed by atoms with E-state index in [1.165, 1.54) is 0 Å². The van der Waals surface area contributed by atoms with E-state index in [0.717, 1.165) is 25.7 Å². The van der Waals surface area contributed by atoms with Crippen LogP contribution in [0.1, 0.15) is 38.4 Å². The topological polar surface area (TPSA) is 58.4 Å². The van der Waals surface area contributed by atoms with Gasteiger partial charge >= 0.3 is 0 Å². The highest BCUT2D eigenvalue weighted by Gasteiger charge is 2.05. The average Bonchev–Trinajstić information content (AvgIpc) is 2.26. The van der Waals surface area contributed by atoms with E-state index in [1.54, 1.807) is 18.5 Å². The summed E-state index contributed by atoms with van der Waals surface area (Å²) in [5, 5.41) is 12.0. The molecule has 1 N–H and O–H groups in total. The van der Waals surface area contributed by atoms with Crippen LogP contribution in [0.25, 0.3) is 0 Å². The molecule has 0 aromatic carbocycles. The zero-order valence-corrected chi connectivity index (χ0v) is 8.35. The summed E-state index contributed by atoms with van der Waals surface area (Å²) in [5.41, 5.74) is 0.569. The van der Waals surface area contributed by atoms with Crippen LogP contribution in [0.15, 0.2) is 23.6 Å². The molecule has 0 saturated heterocycles. The fourth-order valence-electron chi connectivity index (χ4n) is 1.20. The summed E-state index contributed by atoms with van der Waals surface area (Å²) in [4.78, 5) is 8.05. The van der Waals surface area contributed by atoms with Gasteiger partial charge in [0.25, 0.3) is 0 Å². The average molecular weight is 193 g/mol. The van der Waals surface area contributed by atoms with Gasteiger partial charge in [-0.2, -0.15) is 0 Å². The minimum Gasteiger partial charge on any atom is -0.411 e. The zero-order chi connectivity index (χ0) is 10.2. The molecule has 1 rings (SSSR count). The summed E-state index contributed by atoms with van der Waals surface area (Å²) in [7, 11) is 0. The first-order valence-electron chi connectivity index (χ1n) is 4.86. The van der Waals surface area contributed by atoms with E-state index in [4.69, 9.17) is 5.21 Å². The van der Waals surface area contributed by atoms with E-state index >= 15 is 0 Å². The van der Waals surface area contributed by atoms with Crippen LogP contribution in [0.2, 0.25) is 0 Å². The van der Waals surface area contributed by atoms with Crippen molar-refractivity contribution < 1.29 is 5.21 Å². The molecule has 1 heterocycles. The highest BCUT2D eigenvalue weighted by Crippen LogP contribution is 2.04. The Kier molecular flexibility index (Phi) is 4.61. The van der Waals surface area contributed by atoms with Crippen molar-refractivity contribution in [1.82, 2.24) is 9.97 Å². The Morgan fingerprint density at radius 1 is 1.36 bits per heavy atom. The summed E-state index contributed by atoms with van der Waals surface area (Å²) in [5.74, 6) is 0.520. The van der Waals surface area contributed by atoms with Crippen molar-refractivity contribution in [3.05, 3.63) is 24.3 Å². The number of unbranched alkanes of at least 4 members (excludes halogenated alkanes) is 2. The monoisotopic (exact) mass is 193 g/mol. The van der Waals surface area contributed by atoms with Gasteiger partial charge in [-0.3, -0.25) is 0 Å². The first-order valence-corrected chi connectivity index (χ1v) is 4.86. The Hall–Kier alpha value is -1.45. The van der Waals surface area contributed by atoms with Gasteiger partial charge < -0.3 is 5.21 Å². The molecule has 0 amide bonds. The highest BCUT2D eigenvalue weighted by atomic mass is 16.4. The lowest BCUT2D eigenvalue weighted by atomic mass is 10.1. The minimum atomic E-state index is 0.520. The smallest absolute Gasteiger partial charge is 0.177 e. The molecule has 1 aromatic heterocycles. The van der Waals surface area contributed by atoms with E-state index < -0.39 is 0 Å². The van der Waals surface area contributed by atoms with Crippen molar-refractivity contribution in [2.75, 3.05) is 0 Å². The molecular weight excluding hydrogens is 178 g/mol. The molecule has 76 valence electrons. The van der Waals surface area contributed by atoms with Gasteiger partial charge in [0.1, 0.15) is 5.71 Å². The molecule has 0 radical (unpaired) electrons. The van der Waals surface area contributed by atoms with Crippen LogP contribution in [0.3, 0.4) is 0 Å². The Morgan fingerprint density at radius 3 is 2.64 bits per heavy atom. The Balaban J connectivity index is 2.56. The molecule has 0 saturated carbocycles. The number of hydrogen-bond donors (Lipinski definition) is 1. The summed E-state index contributed by atoms with van der Waals surface area (Å²) in [6.45, 7) is 2.13. The van der Waals surface area contributed by atoms with E-state index in [0.29, 0.717) is 11.5 Å². The number of aromatic nitrogens is 2. The Labute approximate surface area is 83.7 Å². The fraction of sp³-hybridized carbons (Fsp3) is 0.500. The Bertz CT molecular complexity index is 285. The SMILES string of the molecule is CCCCCC(=NO)c1ncccn1. The van der Waals surface area contributed by atoms with Crippen LogP contribution < -0.4 is 0 Å². The van der Waals surface area contributed by atoms with Crippen molar-refractivity contribution in [2.45, 2.75) is 32.6 Å². The number of oxime groups is 1. The quantitative estimate of drug-likeness (QED) is 0.337. The van der Waals surface area contributed by atoms with Crippen LogP contribution in [0.4, 0.5) is 0 Å². The summed E-state index contributed by atoms with van der Waals surface area (Å²) >= 11 is 0. The Morgan fingerprint density at radius 2 is 2.07 bits per heavy atom. The molecule has 0 bridgehead atoms. The van der Waals surface area contributed by atoms with Crippen LogP contribution >= 0.6 is 0 Å². The van der Waals surface area contributed by atoms with Crippen molar-refractivity contribution in [1.29, 1.82) is 0 Å². The fourth-order valence-corrected chi connectivity index (χ4v) is 1.20.